The van der Waals surface area contributed by atoms with Crippen molar-refractivity contribution in [3.05, 3.63) is 0 Å². The Labute approximate surface area is 130 Å². The summed E-state index contributed by atoms with van der Waals surface area (Å²) >= 11 is 0. The zero-order chi connectivity index (χ0) is 16.3. The lowest BCUT2D eigenvalue weighted by Crippen LogP contribution is -2.37. The van der Waals surface area contributed by atoms with Crippen LogP contribution in [0.1, 0.15) is 33.1 Å². The third kappa shape index (κ3) is 10.7. The molecule has 0 aliphatic rings. The summed E-state index contributed by atoms with van der Waals surface area (Å²) in [5.41, 5.74) is 5.81. The van der Waals surface area contributed by atoms with E-state index >= 15 is 0 Å². The Morgan fingerprint density at radius 2 is 1.86 bits per heavy atom. The van der Waals surface area contributed by atoms with E-state index in [2.05, 4.69) is 32.8 Å². The SMILES string of the molecule is COCCN(CCCN(C)C)C(=O)CC(CN)CC(C)C. The normalized spacial score (nSPS) is 13.0. The Bertz CT molecular complexity index is 270. The van der Waals surface area contributed by atoms with E-state index < -0.39 is 0 Å². The van der Waals surface area contributed by atoms with Crippen molar-refractivity contribution in [2.24, 2.45) is 17.6 Å². The van der Waals surface area contributed by atoms with Crippen LogP contribution in [0, 0.1) is 11.8 Å². The van der Waals surface area contributed by atoms with Crippen molar-refractivity contribution in [1.82, 2.24) is 9.80 Å². The zero-order valence-electron chi connectivity index (χ0n) is 14.6. The molecule has 1 amide bonds. The van der Waals surface area contributed by atoms with Crippen molar-refractivity contribution >= 4 is 5.91 Å². The fourth-order valence-corrected chi connectivity index (χ4v) is 2.45. The van der Waals surface area contributed by atoms with E-state index in [4.69, 9.17) is 10.5 Å². The number of carbonyl (C=O) groups is 1. The van der Waals surface area contributed by atoms with Gasteiger partial charge in [0.25, 0.3) is 0 Å². The van der Waals surface area contributed by atoms with Gasteiger partial charge >= 0.3 is 0 Å². The molecule has 0 fully saturated rings. The van der Waals surface area contributed by atoms with Gasteiger partial charge in [-0.25, -0.2) is 0 Å². The lowest BCUT2D eigenvalue weighted by molar-refractivity contribution is -0.133. The van der Waals surface area contributed by atoms with Crippen LogP contribution in [0.3, 0.4) is 0 Å². The standard InChI is InChI=1S/C16H35N3O2/c1-14(2)11-15(13-17)12-16(20)19(9-10-21-5)8-6-7-18(3)4/h14-15H,6-13,17H2,1-5H3. The van der Waals surface area contributed by atoms with Crippen molar-refractivity contribution in [3.63, 3.8) is 0 Å². The van der Waals surface area contributed by atoms with Crippen LogP contribution in [0.4, 0.5) is 0 Å². The molecule has 0 bridgehead atoms. The molecule has 0 aromatic rings. The first-order valence-corrected chi connectivity index (χ1v) is 8.02. The molecule has 1 unspecified atom stereocenters. The fourth-order valence-electron chi connectivity index (χ4n) is 2.45. The van der Waals surface area contributed by atoms with E-state index in [0.29, 0.717) is 32.0 Å². The minimum atomic E-state index is 0.210. The number of methoxy groups -OCH3 is 1. The van der Waals surface area contributed by atoms with Gasteiger partial charge < -0.3 is 20.3 Å². The number of hydrogen-bond donors (Lipinski definition) is 1. The average Bonchev–Trinajstić information content (AvgIpc) is 2.40. The van der Waals surface area contributed by atoms with Crippen LogP contribution in [0.2, 0.25) is 0 Å². The number of rotatable bonds is 12. The molecule has 0 rings (SSSR count). The van der Waals surface area contributed by atoms with E-state index in [0.717, 1.165) is 25.9 Å². The summed E-state index contributed by atoms with van der Waals surface area (Å²) in [5.74, 6) is 1.07. The van der Waals surface area contributed by atoms with E-state index in [1.165, 1.54) is 0 Å². The van der Waals surface area contributed by atoms with Crippen molar-refractivity contribution in [2.45, 2.75) is 33.1 Å². The van der Waals surface area contributed by atoms with Gasteiger partial charge in [0.2, 0.25) is 5.91 Å². The molecule has 0 heterocycles. The number of nitrogens with two attached hydrogens (primary N) is 1. The summed E-state index contributed by atoms with van der Waals surface area (Å²) in [6.45, 7) is 7.97. The molecule has 0 aromatic heterocycles. The molecular formula is C16H35N3O2. The van der Waals surface area contributed by atoms with Crippen LogP contribution in [0.15, 0.2) is 0 Å². The van der Waals surface area contributed by atoms with E-state index in [1.807, 2.05) is 4.90 Å². The molecular weight excluding hydrogens is 266 g/mol. The summed E-state index contributed by atoms with van der Waals surface area (Å²) in [7, 11) is 5.77. The molecule has 5 heteroatoms. The van der Waals surface area contributed by atoms with Crippen LogP contribution in [-0.4, -0.2) is 69.7 Å². The minimum absolute atomic E-state index is 0.210. The van der Waals surface area contributed by atoms with Crippen LogP contribution in [0.5, 0.6) is 0 Å². The molecule has 0 aromatic carbocycles. The van der Waals surface area contributed by atoms with Gasteiger partial charge in [-0.1, -0.05) is 13.8 Å². The molecule has 0 aliphatic heterocycles. The van der Waals surface area contributed by atoms with Gasteiger partial charge in [-0.2, -0.15) is 0 Å². The average molecular weight is 301 g/mol. The molecule has 2 N–H and O–H groups in total. The first kappa shape index (κ1) is 20.3. The quantitative estimate of drug-likeness (QED) is 0.592. The Kier molecular flexibility index (Phi) is 11.6. The fraction of sp³-hybridized carbons (Fsp3) is 0.938. The highest BCUT2D eigenvalue weighted by Gasteiger charge is 2.19. The molecule has 0 saturated carbocycles. The maximum atomic E-state index is 12.5. The van der Waals surface area contributed by atoms with Gasteiger partial charge in [-0.05, 0) is 51.9 Å². The second kappa shape index (κ2) is 12.0. The molecule has 1 atom stereocenters. The van der Waals surface area contributed by atoms with Crippen LogP contribution in [0.25, 0.3) is 0 Å². The first-order chi connectivity index (χ1) is 9.90. The van der Waals surface area contributed by atoms with Gasteiger partial charge in [-0.15, -0.1) is 0 Å². The predicted octanol–water partition coefficient (Wildman–Crippen LogP) is 1.42. The highest BCUT2D eigenvalue weighted by molar-refractivity contribution is 5.76. The molecule has 0 radical (unpaired) electrons. The maximum Gasteiger partial charge on any atom is 0.222 e. The van der Waals surface area contributed by atoms with E-state index in [-0.39, 0.29) is 11.8 Å². The third-order valence-corrected chi connectivity index (χ3v) is 3.55. The predicted molar refractivity (Wildman–Crippen MR) is 88.2 cm³/mol. The monoisotopic (exact) mass is 301 g/mol. The summed E-state index contributed by atoms with van der Waals surface area (Å²) in [5, 5.41) is 0. The van der Waals surface area contributed by atoms with Crippen LogP contribution >= 0.6 is 0 Å². The van der Waals surface area contributed by atoms with E-state index in [1.54, 1.807) is 7.11 Å². The van der Waals surface area contributed by atoms with Crippen molar-refractivity contribution in [2.75, 3.05) is 54.0 Å². The Morgan fingerprint density at radius 1 is 1.19 bits per heavy atom. The van der Waals surface area contributed by atoms with Crippen molar-refractivity contribution in [3.8, 4) is 0 Å². The first-order valence-electron chi connectivity index (χ1n) is 8.02. The lowest BCUT2D eigenvalue weighted by atomic mass is 9.93. The smallest absolute Gasteiger partial charge is 0.222 e. The lowest BCUT2D eigenvalue weighted by Gasteiger charge is -2.26. The second-order valence-corrected chi connectivity index (χ2v) is 6.47. The Hall–Kier alpha value is -0.650. The molecule has 0 spiro atoms. The number of ether oxygens (including phenoxy) is 1. The number of hydrogen-bond acceptors (Lipinski definition) is 4. The maximum absolute atomic E-state index is 12.5. The summed E-state index contributed by atoms with van der Waals surface area (Å²) in [6, 6.07) is 0. The van der Waals surface area contributed by atoms with Gasteiger partial charge in [0.05, 0.1) is 6.61 Å². The molecule has 0 saturated heterocycles. The Balaban J connectivity index is 4.39. The van der Waals surface area contributed by atoms with E-state index in [9.17, 15) is 4.79 Å². The molecule has 126 valence electrons. The third-order valence-electron chi connectivity index (χ3n) is 3.55. The number of nitrogens with zero attached hydrogens (tertiary/aromatic N) is 2. The van der Waals surface area contributed by atoms with Crippen molar-refractivity contribution < 1.29 is 9.53 Å². The van der Waals surface area contributed by atoms with Gasteiger partial charge in [0.15, 0.2) is 0 Å². The van der Waals surface area contributed by atoms with Crippen LogP contribution < -0.4 is 5.73 Å². The van der Waals surface area contributed by atoms with Gasteiger partial charge in [0.1, 0.15) is 0 Å². The van der Waals surface area contributed by atoms with Crippen molar-refractivity contribution in [1.29, 1.82) is 0 Å². The highest BCUT2D eigenvalue weighted by atomic mass is 16.5. The summed E-state index contributed by atoms with van der Waals surface area (Å²) in [6.07, 6.45) is 2.55. The topological polar surface area (TPSA) is 58.8 Å². The minimum Gasteiger partial charge on any atom is -0.383 e. The number of amides is 1. The second-order valence-electron chi connectivity index (χ2n) is 6.47. The van der Waals surface area contributed by atoms with Gasteiger partial charge in [-0.3, -0.25) is 4.79 Å². The zero-order valence-corrected chi connectivity index (χ0v) is 14.6. The summed E-state index contributed by atoms with van der Waals surface area (Å²) in [4.78, 5) is 16.5. The largest absolute Gasteiger partial charge is 0.383 e. The number of carbonyl (C=O) groups excluding carboxylic acids is 1. The molecule has 21 heavy (non-hydrogen) atoms. The highest BCUT2D eigenvalue weighted by Crippen LogP contribution is 2.15. The Morgan fingerprint density at radius 3 is 2.33 bits per heavy atom. The molecule has 5 nitrogen and oxygen atoms in total. The summed E-state index contributed by atoms with van der Waals surface area (Å²) < 4.78 is 5.12. The van der Waals surface area contributed by atoms with Crippen LogP contribution in [-0.2, 0) is 9.53 Å². The molecule has 0 aliphatic carbocycles. The van der Waals surface area contributed by atoms with Gasteiger partial charge in [0, 0.05) is 26.6 Å².